The third-order valence-corrected chi connectivity index (χ3v) is 2.65. The molecule has 0 atom stereocenters. The number of hydrogen-bond donors (Lipinski definition) is 1. The predicted octanol–water partition coefficient (Wildman–Crippen LogP) is 3.39. The van der Waals surface area contributed by atoms with E-state index in [1.807, 2.05) is 18.2 Å². The van der Waals surface area contributed by atoms with Gasteiger partial charge in [-0.1, -0.05) is 20.3 Å². The van der Waals surface area contributed by atoms with Crippen LogP contribution in [0.15, 0.2) is 18.2 Å². The van der Waals surface area contributed by atoms with Gasteiger partial charge in [0.2, 0.25) is 5.91 Å². The summed E-state index contributed by atoms with van der Waals surface area (Å²) in [5.74, 6) is 0.859. The summed E-state index contributed by atoms with van der Waals surface area (Å²) in [6.45, 7) is 4.16. The molecule has 0 aliphatic rings. The molecule has 1 aromatic rings. The van der Waals surface area contributed by atoms with Gasteiger partial charge in [0.15, 0.2) is 0 Å². The van der Waals surface area contributed by atoms with Crippen molar-refractivity contribution in [2.24, 2.45) is 0 Å². The molecule has 1 N–H and O–H groups in total. The highest BCUT2D eigenvalue weighted by Crippen LogP contribution is 2.21. The lowest BCUT2D eigenvalue weighted by Crippen LogP contribution is -2.11. The average molecular weight is 235 g/mol. The normalized spacial score (nSPS) is 10.1. The standard InChI is InChI=1S/C14H21NO2/c1-4-6-7-14(16)15-12-8-11(5-2)9-13(10-12)17-3/h8-10H,4-7H2,1-3H3,(H,15,16). The Morgan fingerprint density at radius 2 is 2.06 bits per heavy atom. The zero-order valence-corrected chi connectivity index (χ0v) is 10.9. The Labute approximate surface area is 103 Å². The van der Waals surface area contributed by atoms with Crippen molar-refractivity contribution < 1.29 is 9.53 Å². The van der Waals surface area contributed by atoms with Crippen LogP contribution in [0.5, 0.6) is 5.75 Å². The van der Waals surface area contributed by atoms with Gasteiger partial charge in [-0.2, -0.15) is 0 Å². The molecule has 0 fully saturated rings. The second-order valence-electron chi connectivity index (χ2n) is 4.08. The van der Waals surface area contributed by atoms with Crippen LogP contribution in [0.1, 0.15) is 38.7 Å². The van der Waals surface area contributed by atoms with E-state index < -0.39 is 0 Å². The van der Waals surface area contributed by atoms with Crippen molar-refractivity contribution in [1.82, 2.24) is 0 Å². The molecule has 1 rings (SSSR count). The van der Waals surface area contributed by atoms with Crippen molar-refractivity contribution in [2.75, 3.05) is 12.4 Å². The number of hydrogen-bond acceptors (Lipinski definition) is 2. The van der Waals surface area contributed by atoms with Gasteiger partial charge in [0.25, 0.3) is 0 Å². The van der Waals surface area contributed by atoms with Crippen molar-refractivity contribution in [1.29, 1.82) is 0 Å². The van der Waals surface area contributed by atoms with Crippen LogP contribution in [0.2, 0.25) is 0 Å². The van der Waals surface area contributed by atoms with E-state index in [0.29, 0.717) is 6.42 Å². The number of amides is 1. The summed E-state index contributed by atoms with van der Waals surface area (Å²) in [6.07, 6.45) is 3.46. The topological polar surface area (TPSA) is 38.3 Å². The molecule has 0 aliphatic carbocycles. The van der Waals surface area contributed by atoms with Crippen LogP contribution in [0.4, 0.5) is 5.69 Å². The van der Waals surface area contributed by atoms with Gasteiger partial charge in [-0.05, 0) is 30.5 Å². The lowest BCUT2D eigenvalue weighted by Gasteiger charge is -2.09. The summed E-state index contributed by atoms with van der Waals surface area (Å²) in [6, 6.07) is 5.83. The molecular formula is C14H21NO2. The Hall–Kier alpha value is -1.51. The first-order chi connectivity index (χ1) is 8.19. The molecule has 0 saturated heterocycles. The van der Waals surface area contributed by atoms with E-state index in [1.165, 1.54) is 0 Å². The maximum Gasteiger partial charge on any atom is 0.224 e. The Morgan fingerprint density at radius 1 is 1.29 bits per heavy atom. The number of methoxy groups -OCH3 is 1. The van der Waals surface area contributed by atoms with Crippen LogP contribution in [0, 0.1) is 0 Å². The molecule has 94 valence electrons. The molecule has 0 bridgehead atoms. The van der Waals surface area contributed by atoms with Crippen LogP contribution in [0.3, 0.4) is 0 Å². The van der Waals surface area contributed by atoms with Gasteiger partial charge in [0.05, 0.1) is 7.11 Å². The van der Waals surface area contributed by atoms with Crippen molar-refractivity contribution in [3.63, 3.8) is 0 Å². The Bertz CT molecular complexity index is 352. The first kappa shape index (κ1) is 13.6. The molecule has 0 heterocycles. The summed E-state index contributed by atoms with van der Waals surface area (Å²) >= 11 is 0. The number of rotatable bonds is 6. The van der Waals surface area contributed by atoms with E-state index >= 15 is 0 Å². The Balaban J connectivity index is 2.72. The first-order valence-electron chi connectivity index (χ1n) is 6.17. The fourth-order valence-electron chi connectivity index (χ4n) is 1.62. The van der Waals surface area contributed by atoms with Gasteiger partial charge >= 0.3 is 0 Å². The first-order valence-corrected chi connectivity index (χ1v) is 6.17. The summed E-state index contributed by atoms with van der Waals surface area (Å²) < 4.78 is 5.21. The molecule has 1 amide bonds. The fourth-order valence-corrected chi connectivity index (χ4v) is 1.62. The van der Waals surface area contributed by atoms with Crippen molar-refractivity contribution in [3.8, 4) is 5.75 Å². The molecule has 1 aromatic carbocycles. The van der Waals surface area contributed by atoms with Crippen LogP contribution >= 0.6 is 0 Å². The number of carbonyl (C=O) groups excluding carboxylic acids is 1. The largest absolute Gasteiger partial charge is 0.497 e. The number of ether oxygens (including phenoxy) is 1. The Morgan fingerprint density at radius 3 is 2.65 bits per heavy atom. The molecule has 17 heavy (non-hydrogen) atoms. The molecule has 0 radical (unpaired) electrons. The van der Waals surface area contributed by atoms with Crippen LogP contribution in [-0.2, 0) is 11.2 Å². The predicted molar refractivity (Wildman–Crippen MR) is 70.5 cm³/mol. The lowest BCUT2D eigenvalue weighted by molar-refractivity contribution is -0.116. The highest BCUT2D eigenvalue weighted by atomic mass is 16.5. The minimum atomic E-state index is 0.0714. The smallest absolute Gasteiger partial charge is 0.224 e. The maximum absolute atomic E-state index is 11.6. The zero-order valence-electron chi connectivity index (χ0n) is 10.9. The van der Waals surface area contributed by atoms with Crippen LogP contribution < -0.4 is 10.1 Å². The third kappa shape index (κ3) is 4.47. The SMILES string of the molecule is CCCCC(=O)Nc1cc(CC)cc(OC)c1. The number of anilines is 1. The summed E-state index contributed by atoms with van der Waals surface area (Å²) in [7, 11) is 1.64. The monoisotopic (exact) mass is 235 g/mol. The summed E-state index contributed by atoms with van der Waals surface area (Å²) in [5, 5.41) is 2.91. The van der Waals surface area contributed by atoms with Crippen molar-refractivity contribution in [2.45, 2.75) is 39.5 Å². The highest BCUT2D eigenvalue weighted by molar-refractivity contribution is 5.91. The van der Waals surface area contributed by atoms with Gasteiger partial charge in [-0.25, -0.2) is 0 Å². The summed E-state index contributed by atoms with van der Waals surface area (Å²) in [4.78, 5) is 11.6. The van der Waals surface area contributed by atoms with Gasteiger partial charge < -0.3 is 10.1 Å². The second kappa shape index (κ2) is 6.94. The van der Waals surface area contributed by atoms with Crippen molar-refractivity contribution in [3.05, 3.63) is 23.8 Å². The third-order valence-electron chi connectivity index (χ3n) is 2.65. The van der Waals surface area contributed by atoms with E-state index in [9.17, 15) is 4.79 Å². The van der Waals surface area contributed by atoms with E-state index in [0.717, 1.165) is 36.3 Å². The van der Waals surface area contributed by atoms with Gasteiger partial charge in [0, 0.05) is 18.2 Å². The van der Waals surface area contributed by atoms with Gasteiger partial charge in [-0.15, -0.1) is 0 Å². The highest BCUT2D eigenvalue weighted by Gasteiger charge is 2.04. The van der Waals surface area contributed by atoms with Gasteiger partial charge in [0.1, 0.15) is 5.75 Å². The molecule has 0 spiro atoms. The minimum absolute atomic E-state index is 0.0714. The number of carbonyl (C=O) groups is 1. The Kier molecular flexibility index (Phi) is 5.53. The molecule has 3 nitrogen and oxygen atoms in total. The maximum atomic E-state index is 11.6. The van der Waals surface area contributed by atoms with E-state index in [1.54, 1.807) is 7.11 Å². The van der Waals surface area contributed by atoms with Crippen LogP contribution in [0.25, 0.3) is 0 Å². The van der Waals surface area contributed by atoms with Gasteiger partial charge in [-0.3, -0.25) is 4.79 Å². The van der Waals surface area contributed by atoms with E-state index in [-0.39, 0.29) is 5.91 Å². The van der Waals surface area contributed by atoms with E-state index in [4.69, 9.17) is 4.74 Å². The fraction of sp³-hybridized carbons (Fsp3) is 0.500. The molecule has 0 aliphatic heterocycles. The minimum Gasteiger partial charge on any atom is -0.497 e. The van der Waals surface area contributed by atoms with Crippen LogP contribution in [-0.4, -0.2) is 13.0 Å². The molecule has 0 aromatic heterocycles. The molecular weight excluding hydrogens is 214 g/mol. The van der Waals surface area contributed by atoms with Crippen molar-refractivity contribution >= 4 is 11.6 Å². The molecule has 0 unspecified atom stereocenters. The number of unbranched alkanes of at least 4 members (excludes halogenated alkanes) is 1. The van der Waals surface area contributed by atoms with E-state index in [2.05, 4.69) is 19.2 Å². The lowest BCUT2D eigenvalue weighted by atomic mass is 10.1. The molecule has 0 saturated carbocycles. The number of nitrogens with one attached hydrogen (secondary N) is 1. The quantitative estimate of drug-likeness (QED) is 0.820. The summed E-state index contributed by atoms with van der Waals surface area (Å²) in [5.41, 5.74) is 1.98. The number of benzene rings is 1. The average Bonchev–Trinajstić information content (AvgIpc) is 2.35. The zero-order chi connectivity index (χ0) is 12.7. The second-order valence-corrected chi connectivity index (χ2v) is 4.08. The molecule has 3 heteroatoms. The number of aryl methyl sites for hydroxylation is 1.